The molecule has 0 fully saturated rings. The topological polar surface area (TPSA) is 114 Å². The molecule has 3 N–H and O–H groups in total. The number of nitrogens with zero attached hydrogens (tertiary/aromatic N) is 4. The van der Waals surface area contributed by atoms with Gasteiger partial charge in [-0.2, -0.15) is 0 Å². The molecular formula is C18H20N6O2. The zero-order valence-corrected chi connectivity index (χ0v) is 14.9. The molecule has 1 aromatic carbocycles. The number of benzene rings is 1. The minimum Gasteiger partial charge on any atom is -0.369 e. The van der Waals surface area contributed by atoms with Crippen molar-refractivity contribution in [3.63, 3.8) is 0 Å². The molecule has 0 saturated heterocycles. The van der Waals surface area contributed by atoms with Crippen LogP contribution in [0, 0.1) is 6.92 Å². The third kappa shape index (κ3) is 3.39. The maximum atomic E-state index is 12.3. The Morgan fingerprint density at radius 2 is 2.00 bits per heavy atom. The highest BCUT2D eigenvalue weighted by molar-refractivity contribution is 6.04. The minimum absolute atomic E-state index is 0.105. The van der Waals surface area contributed by atoms with E-state index in [9.17, 15) is 9.59 Å². The molecule has 134 valence electrons. The average molecular weight is 352 g/mol. The van der Waals surface area contributed by atoms with Gasteiger partial charge in [-0.1, -0.05) is 12.1 Å². The van der Waals surface area contributed by atoms with Gasteiger partial charge in [-0.15, -0.1) is 0 Å². The Labute approximate surface area is 151 Å². The molecule has 2 heterocycles. The molecule has 0 spiro atoms. The summed E-state index contributed by atoms with van der Waals surface area (Å²) in [6, 6.07) is 7.22. The summed E-state index contributed by atoms with van der Waals surface area (Å²) in [5, 5.41) is 2.81. The van der Waals surface area contributed by atoms with E-state index in [0.29, 0.717) is 17.1 Å². The number of aromatic nitrogens is 2. The lowest BCUT2D eigenvalue weighted by molar-refractivity contribution is -0.128. The molecule has 1 aromatic heterocycles. The number of aryl methyl sites for hydroxylation is 1. The fraction of sp³-hybridized carbons (Fsp3) is 0.278. The first-order valence-corrected chi connectivity index (χ1v) is 8.11. The summed E-state index contributed by atoms with van der Waals surface area (Å²) in [4.78, 5) is 38.3. The van der Waals surface area contributed by atoms with Gasteiger partial charge in [-0.05, 0) is 31.5 Å². The summed E-state index contributed by atoms with van der Waals surface area (Å²) >= 11 is 0. The molecule has 3 rings (SSSR count). The molecule has 26 heavy (non-hydrogen) atoms. The molecule has 0 saturated carbocycles. The molecular weight excluding hydrogens is 332 g/mol. The maximum absolute atomic E-state index is 12.3. The zero-order valence-electron chi connectivity index (χ0n) is 14.9. The van der Waals surface area contributed by atoms with Gasteiger partial charge in [-0.25, -0.2) is 15.0 Å². The van der Waals surface area contributed by atoms with Crippen molar-refractivity contribution in [3.05, 3.63) is 53.6 Å². The highest BCUT2D eigenvalue weighted by Gasteiger charge is 2.36. The summed E-state index contributed by atoms with van der Waals surface area (Å²) < 4.78 is 0. The van der Waals surface area contributed by atoms with Gasteiger partial charge in [-0.3, -0.25) is 14.5 Å². The van der Waals surface area contributed by atoms with Crippen molar-refractivity contribution in [1.29, 1.82) is 0 Å². The summed E-state index contributed by atoms with van der Waals surface area (Å²) in [6.45, 7) is 3.60. The Morgan fingerprint density at radius 3 is 2.65 bits per heavy atom. The second-order valence-corrected chi connectivity index (χ2v) is 6.43. The van der Waals surface area contributed by atoms with Gasteiger partial charge in [0, 0.05) is 25.1 Å². The van der Waals surface area contributed by atoms with Crippen LogP contribution in [0.4, 0.5) is 5.69 Å². The van der Waals surface area contributed by atoms with Gasteiger partial charge < -0.3 is 11.1 Å². The van der Waals surface area contributed by atoms with Crippen molar-refractivity contribution in [2.45, 2.75) is 25.8 Å². The molecule has 0 bridgehead atoms. The van der Waals surface area contributed by atoms with Gasteiger partial charge in [0.05, 0.1) is 17.5 Å². The average Bonchev–Trinajstić information content (AvgIpc) is 2.60. The Kier molecular flexibility index (Phi) is 4.41. The second-order valence-electron chi connectivity index (χ2n) is 6.43. The summed E-state index contributed by atoms with van der Waals surface area (Å²) in [7, 11) is 1.60. The van der Waals surface area contributed by atoms with Crippen molar-refractivity contribution in [1.82, 2.24) is 14.9 Å². The molecule has 0 aliphatic carbocycles. The number of rotatable bonds is 3. The van der Waals surface area contributed by atoms with Crippen LogP contribution >= 0.6 is 0 Å². The third-order valence-corrected chi connectivity index (χ3v) is 4.36. The van der Waals surface area contributed by atoms with Crippen LogP contribution < -0.4 is 11.1 Å². The third-order valence-electron chi connectivity index (χ3n) is 4.36. The molecule has 0 radical (unpaired) electrons. The first-order valence-electron chi connectivity index (χ1n) is 8.11. The fourth-order valence-electron chi connectivity index (χ4n) is 2.72. The van der Waals surface area contributed by atoms with Gasteiger partial charge >= 0.3 is 0 Å². The van der Waals surface area contributed by atoms with Crippen molar-refractivity contribution in [3.8, 4) is 0 Å². The first kappa shape index (κ1) is 17.5. The maximum Gasteiger partial charge on any atom is 0.258 e. The van der Waals surface area contributed by atoms with E-state index in [0.717, 1.165) is 5.56 Å². The van der Waals surface area contributed by atoms with Crippen molar-refractivity contribution >= 4 is 23.5 Å². The van der Waals surface area contributed by atoms with Crippen LogP contribution in [0.25, 0.3) is 0 Å². The Bertz CT molecular complexity index is 893. The van der Waals surface area contributed by atoms with Crippen LogP contribution in [0.15, 0.2) is 41.7 Å². The zero-order chi connectivity index (χ0) is 18.9. The van der Waals surface area contributed by atoms with Gasteiger partial charge in [0.25, 0.3) is 5.91 Å². The summed E-state index contributed by atoms with van der Waals surface area (Å²) in [5.74, 6) is 0.356. The molecule has 2 amide bonds. The van der Waals surface area contributed by atoms with Crippen LogP contribution in [0.5, 0.6) is 0 Å². The van der Waals surface area contributed by atoms with Crippen LogP contribution in [-0.2, 0) is 10.3 Å². The van der Waals surface area contributed by atoms with Crippen molar-refractivity contribution in [2.75, 3.05) is 12.4 Å². The number of carbonyl (C=O) groups is 2. The number of carbonyl (C=O) groups excluding carboxylic acids is 2. The van der Waals surface area contributed by atoms with E-state index in [4.69, 9.17) is 5.73 Å². The van der Waals surface area contributed by atoms with E-state index >= 15 is 0 Å². The fourth-order valence-corrected chi connectivity index (χ4v) is 2.72. The standard InChI is InChI=1S/C18H20N6O2/c1-11-20-9-12(10-21-11)16(26)22-14-6-4-5-13(7-14)18(2)8-15(25)24(3)17(19)23-18/h4-7,9-10H,8H2,1-3H3,(H2,19,23)(H,22,26). The smallest absolute Gasteiger partial charge is 0.258 e. The number of hydrogen-bond donors (Lipinski definition) is 2. The monoisotopic (exact) mass is 352 g/mol. The molecule has 1 unspecified atom stereocenters. The number of guanidine groups is 1. The van der Waals surface area contributed by atoms with Crippen LogP contribution in [0.1, 0.15) is 35.1 Å². The molecule has 1 aliphatic heterocycles. The van der Waals surface area contributed by atoms with Crippen molar-refractivity contribution in [2.24, 2.45) is 10.7 Å². The largest absolute Gasteiger partial charge is 0.369 e. The number of anilines is 1. The number of aliphatic imine (C=N–C) groups is 1. The number of nitrogens with two attached hydrogens (primary N) is 1. The Morgan fingerprint density at radius 1 is 1.31 bits per heavy atom. The van der Waals surface area contributed by atoms with E-state index in [1.165, 1.54) is 17.3 Å². The van der Waals surface area contributed by atoms with Crippen LogP contribution in [0.3, 0.4) is 0 Å². The second kappa shape index (κ2) is 6.55. The summed E-state index contributed by atoms with van der Waals surface area (Å²) in [5.41, 5.74) is 6.83. The van der Waals surface area contributed by atoms with E-state index < -0.39 is 5.54 Å². The molecule has 8 nitrogen and oxygen atoms in total. The summed E-state index contributed by atoms with van der Waals surface area (Å²) in [6.07, 6.45) is 3.15. The Balaban J connectivity index is 1.85. The molecule has 8 heteroatoms. The lowest BCUT2D eigenvalue weighted by Gasteiger charge is -2.33. The SMILES string of the molecule is Cc1ncc(C(=O)Nc2cccc(C3(C)CC(=O)N(C)C(N)=N3)c2)cn1. The Hall–Kier alpha value is -3.29. The molecule has 2 aromatic rings. The predicted molar refractivity (Wildman–Crippen MR) is 97.5 cm³/mol. The molecule has 1 atom stereocenters. The predicted octanol–water partition coefficient (Wildman–Crippen LogP) is 1.43. The highest BCUT2D eigenvalue weighted by Crippen LogP contribution is 2.34. The lowest BCUT2D eigenvalue weighted by atomic mass is 9.87. The quantitative estimate of drug-likeness (QED) is 0.867. The van der Waals surface area contributed by atoms with E-state index in [-0.39, 0.29) is 24.2 Å². The molecule has 1 aliphatic rings. The van der Waals surface area contributed by atoms with Crippen LogP contribution in [-0.4, -0.2) is 39.7 Å². The van der Waals surface area contributed by atoms with E-state index in [1.807, 2.05) is 13.0 Å². The van der Waals surface area contributed by atoms with E-state index in [1.54, 1.807) is 32.2 Å². The normalized spacial score (nSPS) is 19.9. The lowest BCUT2D eigenvalue weighted by Crippen LogP contribution is -2.47. The van der Waals surface area contributed by atoms with Gasteiger partial charge in [0.2, 0.25) is 5.91 Å². The van der Waals surface area contributed by atoms with E-state index in [2.05, 4.69) is 20.3 Å². The van der Waals surface area contributed by atoms with Crippen molar-refractivity contribution < 1.29 is 9.59 Å². The van der Waals surface area contributed by atoms with Crippen LogP contribution in [0.2, 0.25) is 0 Å². The number of hydrogen-bond acceptors (Lipinski definition) is 6. The number of nitrogens with one attached hydrogen (secondary N) is 1. The number of amides is 2. The van der Waals surface area contributed by atoms with Gasteiger partial charge in [0.15, 0.2) is 5.96 Å². The minimum atomic E-state index is -0.776. The van der Waals surface area contributed by atoms with Gasteiger partial charge in [0.1, 0.15) is 5.82 Å². The highest BCUT2D eigenvalue weighted by atomic mass is 16.2. The first-order chi connectivity index (χ1) is 12.3.